The van der Waals surface area contributed by atoms with E-state index in [-0.39, 0.29) is 6.04 Å². The molecule has 2 aromatic carbocycles. The van der Waals surface area contributed by atoms with Crippen molar-refractivity contribution in [3.8, 4) is 5.75 Å². The Morgan fingerprint density at radius 1 is 1.04 bits per heavy atom. The van der Waals surface area contributed by atoms with Crippen LogP contribution in [0.5, 0.6) is 5.75 Å². The van der Waals surface area contributed by atoms with Crippen LogP contribution in [-0.4, -0.2) is 10.7 Å². The first kappa shape index (κ1) is 15.5. The molecule has 0 saturated carbocycles. The first-order chi connectivity index (χ1) is 12.7. The Bertz CT molecular complexity index is 1000. The molecular weight excluding hydrogens is 354 g/mol. The lowest BCUT2D eigenvalue weighted by atomic mass is 9.98. The van der Waals surface area contributed by atoms with Crippen LogP contribution in [0.3, 0.4) is 0 Å². The number of thiophene rings is 1. The topological polar surface area (TPSA) is 24.8 Å². The summed E-state index contributed by atoms with van der Waals surface area (Å²) < 4.78 is 33.3. The molecule has 0 spiro atoms. The maximum Gasteiger partial charge on any atom is 0.213 e. The van der Waals surface area contributed by atoms with E-state index in [1.54, 1.807) is 17.4 Å². The third kappa shape index (κ3) is 2.41. The van der Waals surface area contributed by atoms with Gasteiger partial charge in [-0.3, -0.25) is 0 Å². The molecule has 3 nitrogen and oxygen atoms in total. The van der Waals surface area contributed by atoms with Gasteiger partial charge in [0.05, 0.1) is 16.6 Å². The lowest BCUT2D eigenvalue weighted by Gasteiger charge is -2.38. The fraction of sp³-hybridized carbons (Fsp3) is 0.150. The van der Waals surface area contributed by atoms with Crippen LogP contribution >= 0.6 is 11.3 Å². The van der Waals surface area contributed by atoms with Gasteiger partial charge in [-0.1, -0.05) is 30.3 Å². The SMILES string of the molecule is Fc1ccc([C@H]2Oc3ccccc3[C@@H]3CC(c4cccs4)=NN23)cc1F. The molecule has 0 amide bonds. The third-order valence-electron chi connectivity index (χ3n) is 4.73. The van der Waals surface area contributed by atoms with Crippen molar-refractivity contribution >= 4 is 17.0 Å². The smallest absolute Gasteiger partial charge is 0.213 e. The monoisotopic (exact) mass is 368 g/mol. The van der Waals surface area contributed by atoms with E-state index in [4.69, 9.17) is 9.84 Å². The van der Waals surface area contributed by atoms with Crippen molar-refractivity contribution in [1.82, 2.24) is 5.01 Å². The molecule has 3 heterocycles. The van der Waals surface area contributed by atoms with Gasteiger partial charge in [0.1, 0.15) is 5.75 Å². The molecule has 0 aliphatic carbocycles. The molecule has 0 radical (unpaired) electrons. The molecule has 2 aliphatic heterocycles. The van der Waals surface area contributed by atoms with E-state index in [1.807, 2.05) is 46.8 Å². The van der Waals surface area contributed by atoms with E-state index < -0.39 is 17.9 Å². The van der Waals surface area contributed by atoms with Gasteiger partial charge >= 0.3 is 0 Å². The van der Waals surface area contributed by atoms with Crippen LogP contribution < -0.4 is 4.74 Å². The van der Waals surface area contributed by atoms with Crippen LogP contribution in [0.25, 0.3) is 0 Å². The summed E-state index contributed by atoms with van der Waals surface area (Å²) in [6.07, 6.45) is 0.156. The minimum Gasteiger partial charge on any atom is -0.464 e. The van der Waals surface area contributed by atoms with E-state index in [0.717, 1.165) is 34.4 Å². The molecule has 2 aliphatic rings. The lowest BCUT2D eigenvalue weighted by molar-refractivity contribution is -0.0192. The number of rotatable bonds is 2. The Balaban J connectivity index is 1.61. The van der Waals surface area contributed by atoms with E-state index in [0.29, 0.717) is 5.56 Å². The van der Waals surface area contributed by atoms with Crippen molar-refractivity contribution in [3.63, 3.8) is 0 Å². The van der Waals surface area contributed by atoms with E-state index in [9.17, 15) is 8.78 Å². The van der Waals surface area contributed by atoms with E-state index in [1.165, 1.54) is 6.07 Å². The number of benzene rings is 2. The molecule has 0 N–H and O–H groups in total. The van der Waals surface area contributed by atoms with Crippen molar-refractivity contribution in [3.05, 3.63) is 87.6 Å². The minimum absolute atomic E-state index is 0.00941. The molecule has 0 unspecified atom stereocenters. The largest absolute Gasteiger partial charge is 0.464 e. The number of hydrogen-bond donors (Lipinski definition) is 0. The second kappa shape index (κ2) is 5.92. The number of nitrogens with zero attached hydrogens (tertiary/aromatic N) is 2. The van der Waals surface area contributed by atoms with E-state index >= 15 is 0 Å². The maximum atomic E-state index is 13.8. The fourth-order valence-corrected chi connectivity index (χ4v) is 4.23. The molecule has 5 rings (SSSR count). The zero-order valence-corrected chi connectivity index (χ0v) is 14.4. The summed E-state index contributed by atoms with van der Waals surface area (Å²) in [6, 6.07) is 15.7. The summed E-state index contributed by atoms with van der Waals surface area (Å²) >= 11 is 1.64. The summed E-state index contributed by atoms with van der Waals surface area (Å²) in [5.74, 6) is -1.00. The molecule has 0 saturated heterocycles. The molecule has 0 bridgehead atoms. The minimum atomic E-state index is -0.886. The van der Waals surface area contributed by atoms with Crippen LogP contribution in [0.2, 0.25) is 0 Å². The molecule has 2 atom stereocenters. The van der Waals surface area contributed by atoms with Gasteiger partial charge in [0.25, 0.3) is 0 Å². The van der Waals surface area contributed by atoms with Gasteiger partial charge in [0.15, 0.2) is 11.6 Å². The first-order valence-corrected chi connectivity index (χ1v) is 9.19. The van der Waals surface area contributed by atoms with Gasteiger partial charge in [0, 0.05) is 17.5 Å². The highest BCUT2D eigenvalue weighted by Gasteiger charge is 2.41. The standard InChI is InChI=1S/C20H14F2N2OS/c21-14-8-7-12(10-15(14)22)20-24-17(13-4-1-2-5-18(13)25-20)11-16(23-24)19-6-3-9-26-19/h1-10,17,20H,11H2/t17-,20+/m0/s1. The zero-order chi connectivity index (χ0) is 17.7. The second-order valence-electron chi connectivity index (χ2n) is 6.31. The number of ether oxygens (including phenoxy) is 1. The Morgan fingerprint density at radius 2 is 1.92 bits per heavy atom. The van der Waals surface area contributed by atoms with Crippen LogP contribution in [0, 0.1) is 11.6 Å². The molecule has 1 aromatic heterocycles. The second-order valence-corrected chi connectivity index (χ2v) is 7.25. The van der Waals surface area contributed by atoms with Gasteiger partial charge in [-0.25, -0.2) is 13.8 Å². The van der Waals surface area contributed by atoms with Gasteiger partial charge < -0.3 is 4.74 Å². The Hall–Kier alpha value is -2.73. The van der Waals surface area contributed by atoms with Crippen LogP contribution in [-0.2, 0) is 0 Å². The van der Waals surface area contributed by atoms with Crippen molar-refractivity contribution in [2.75, 3.05) is 0 Å². The maximum absolute atomic E-state index is 13.8. The molecular formula is C20H14F2N2OS. The number of hydrazone groups is 1. The molecule has 26 heavy (non-hydrogen) atoms. The number of hydrogen-bond acceptors (Lipinski definition) is 4. The first-order valence-electron chi connectivity index (χ1n) is 8.31. The Kier molecular flexibility index (Phi) is 3.53. The summed E-state index contributed by atoms with van der Waals surface area (Å²) in [4.78, 5) is 1.11. The highest BCUT2D eigenvalue weighted by Crippen LogP contribution is 2.47. The van der Waals surface area contributed by atoms with Gasteiger partial charge in [-0.15, -0.1) is 11.3 Å². The van der Waals surface area contributed by atoms with Crippen LogP contribution in [0.15, 0.2) is 65.1 Å². The van der Waals surface area contributed by atoms with Crippen molar-refractivity contribution in [2.24, 2.45) is 5.10 Å². The highest BCUT2D eigenvalue weighted by atomic mass is 32.1. The normalized spacial score (nSPS) is 21.0. The number of halogens is 2. The quantitative estimate of drug-likeness (QED) is 0.616. The molecule has 6 heteroatoms. The summed E-state index contributed by atoms with van der Waals surface area (Å²) in [5.41, 5.74) is 2.58. The number of fused-ring (bicyclic) bond motifs is 3. The number of para-hydroxylation sites is 1. The average Bonchev–Trinajstić information content (AvgIpc) is 3.33. The third-order valence-corrected chi connectivity index (χ3v) is 5.65. The van der Waals surface area contributed by atoms with Crippen molar-refractivity contribution in [1.29, 1.82) is 0 Å². The molecule has 0 fully saturated rings. The Labute approximate surface area is 153 Å². The van der Waals surface area contributed by atoms with Crippen molar-refractivity contribution in [2.45, 2.75) is 18.7 Å². The van der Waals surface area contributed by atoms with Crippen molar-refractivity contribution < 1.29 is 13.5 Å². The predicted molar refractivity (Wildman–Crippen MR) is 96.2 cm³/mol. The average molecular weight is 368 g/mol. The summed E-state index contributed by atoms with van der Waals surface area (Å²) in [7, 11) is 0. The fourth-order valence-electron chi connectivity index (χ4n) is 3.51. The molecule has 130 valence electrons. The van der Waals surface area contributed by atoms with Crippen LogP contribution in [0.1, 0.15) is 34.7 Å². The lowest BCUT2D eigenvalue weighted by Crippen LogP contribution is -2.33. The van der Waals surface area contributed by atoms with Crippen LogP contribution in [0.4, 0.5) is 8.78 Å². The molecule has 3 aromatic rings. The van der Waals surface area contributed by atoms with E-state index in [2.05, 4.69) is 0 Å². The Morgan fingerprint density at radius 3 is 2.73 bits per heavy atom. The summed E-state index contributed by atoms with van der Waals surface area (Å²) in [6.45, 7) is 0. The zero-order valence-electron chi connectivity index (χ0n) is 13.6. The summed E-state index contributed by atoms with van der Waals surface area (Å²) in [5, 5.41) is 8.67. The van der Waals surface area contributed by atoms with Gasteiger partial charge in [-0.2, -0.15) is 5.10 Å². The van der Waals surface area contributed by atoms with Gasteiger partial charge in [-0.05, 0) is 29.6 Å². The predicted octanol–water partition coefficient (Wildman–Crippen LogP) is 5.27. The van der Waals surface area contributed by atoms with Gasteiger partial charge in [0.2, 0.25) is 6.23 Å². The highest BCUT2D eigenvalue weighted by molar-refractivity contribution is 7.12.